The average Bonchev–Trinajstić information content (AvgIpc) is 2.00. The summed E-state index contributed by atoms with van der Waals surface area (Å²) in [4.78, 5) is 30.3. The van der Waals surface area contributed by atoms with E-state index in [2.05, 4.69) is 0 Å². The zero-order valence-electron chi connectivity index (χ0n) is 8.67. The van der Waals surface area contributed by atoms with Crippen LogP contribution in [0.2, 0.25) is 0 Å². The van der Waals surface area contributed by atoms with Gasteiger partial charge in [-0.25, -0.2) is 4.79 Å². The van der Waals surface area contributed by atoms with Gasteiger partial charge in [0.15, 0.2) is 5.60 Å². The minimum absolute atomic E-state index is 0. The molecule has 0 aliphatic carbocycles. The molecule has 2 unspecified atom stereocenters. The number of carboxylic acids is 3. The molecule has 10 heteroatoms. The topological polar surface area (TPSA) is 158 Å². The van der Waals surface area contributed by atoms with Gasteiger partial charge < -0.3 is 35.1 Å². The first-order valence-electron chi connectivity index (χ1n) is 3.26. The molecule has 0 amide bonds. The van der Waals surface area contributed by atoms with Crippen molar-refractivity contribution >= 4 is 17.9 Å². The van der Waals surface area contributed by atoms with Crippen molar-refractivity contribution in [3.05, 3.63) is 0 Å². The maximum absolute atomic E-state index is 10.3. The van der Waals surface area contributed by atoms with E-state index in [-0.39, 0.29) is 59.1 Å². The van der Waals surface area contributed by atoms with Gasteiger partial charge in [0.25, 0.3) is 0 Å². The van der Waals surface area contributed by atoms with E-state index in [1.165, 1.54) is 0 Å². The van der Waals surface area contributed by atoms with Gasteiger partial charge in [0, 0.05) is 12.4 Å². The summed E-state index contributed by atoms with van der Waals surface area (Å²) in [6, 6.07) is 0. The van der Waals surface area contributed by atoms with E-state index in [1.807, 2.05) is 0 Å². The summed E-state index contributed by atoms with van der Waals surface area (Å²) in [5.74, 6) is -6.51. The van der Waals surface area contributed by atoms with E-state index in [0.717, 1.165) is 0 Å². The maximum atomic E-state index is 10.3. The molecule has 3 N–H and O–H groups in total. The van der Waals surface area contributed by atoms with Crippen molar-refractivity contribution in [1.82, 2.24) is 0 Å². The van der Waals surface area contributed by atoms with Crippen LogP contribution in [-0.4, -0.2) is 44.9 Å². The van der Waals surface area contributed by atoms with Gasteiger partial charge in [0.1, 0.15) is 6.10 Å². The molecule has 0 bridgehead atoms. The molecule has 8 nitrogen and oxygen atoms in total. The van der Waals surface area contributed by atoms with Crippen molar-refractivity contribution < 1.29 is 99.0 Å². The quantitative estimate of drug-likeness (QED) is 0.407. The zero-order valence-corrected chi connectivity index (χ0v) is 12.7. The summed E-state index contributed by atoms with van der Waals surface area (Å²) in [6.07, 6.45) is -4.41. The molecule has 0 aromatic carbocycles. The van der Waals surface area contributed by atoms with Gasteiger partial charge in [-0.2, -0.15) is 0 Å². The van der Waals surface area contributed by atoms with Crippen LogP contribution in [0.1, 0.15) is 6.42 Å². The van der Waals surface area contributed by atoms with Crippen molar-refractivity contribution in [3.8, 4) is 0 Å². The molecule has 0 fully saturated rings. The Hall–Kier alpha value is 0.330. The van der Waals surface area contributed by atoms with Crippen LogP contribution < -0.4 is 69.3 Å². The molecule has 0 aromatic heterocycles. The van der Waals surface area contributed by atoms with Crippen molar-refractivity contribution in [2.45, 2.75) is 18.1 Å². The minimum atomic E-state index is -3.35. The largest absolute Gasteiger partial charge is 1.00 e. The summed E-state index contributed by atoms with van der Waals surface area (Å²) in [7, 11) is 0. The first-order chi connectivity index (χ1) is 6.21. The Balaban J connectivity index is -0.000000845. The number of rotatable bonds is 5. The number of aliphatic carboxylic acids is 3. The van der Waals surface area contributed by atoms with Gasteiger partial charge in [0.2, 0.25) is 0 Å². The summed E-state index contributed by atoms with van der Waals surface area (Å²) in [5, 5.41) is 46.0. The van der Waals surface area contributed by atoms with Crippen LogP contribution in [0, 0.1) is 0 Å². The van der Waals surface area contributed by atoms with E-state index in [0.29, 0.717) is 0 Å². The fourth-order valence-corrected chi connectivity index (χ4v) is 0.704. The van der Waals surface area contributed by atoms with E-state index in [1.54, 1.807) is 0 Å². The fraction of sp³-hybridized carbons (Fsp3) is 0.500. The van der Waals surface area contributed by atoms with Crippen LogP contribution in [0.25, 0.3) is 0 Å². The van der Waals surface area contributed by atoms with E-state index in [4.69, 9.17) is 15.3 Å². The fourth-order valence-electron chi connectivity index (χ4n) is 0.704. The predicted molar refractivity (Wildman–Crippen MR) is 33.2 cm³/mol. The summed E-state index contributed by atoms with van der Waals surface area (Å²) in [6.45, 7) is 0. The van der Waals surface area contributed by atoms with Gasteiger partial charge in [0.05, 0.1) is 5.97 Å². The third-order valence-electron chi connectivity index (χ3n) is 1.46. The average molecular weight is 252 g/mol. The summed E-state index contributed by atoms with van der Waals surface area (Å²) in [5.41, 5.74) is -3.35. The molecule has 2 atom stereocenters. The molecule has 80 valence electrons. The van der Waals surface area contributed by atoms with Crippen molar-refractivity contribution in [3.63, 3.8) is 0 Å². The number of carboxylic acid groups (broad SMARTS) is 3. The standard InChI is InChI=1S/C6H8O8.2Na/c7-2(8)1-6(14,5(12)13)3(9)4(10)11;;/h3,9,14H,1H2,(H,7,8)(H,10,11)(H,12,13);;/q;2*+1/p-2. The summed E-state index contributed by atoms with van der Waals surface area (Å²) < 4.78 is 0. The van der Waals surface area contributed by atoms with Crippen LogP contribution in [-0.2, 0) is 14.4 Å². The molecule has 0 rings (SSSR count). The number of hydrogen-bond donors (Lipinski definition) is 3. The summed E-state index contributed by atoms with van der Waals surface area (Å²) >= 11 is 0. The molecular weight excluding hydrogens is 246 g/mol. The molecule has 0 spiro atoms. The Bertz CT molecular complexity index is 280. The van der Waals surface area contributed by atoms with Crippen LogP contribution in [0.3, 0.4) is 0 Å². The molecule has 0 aliphatic rings. The first kappa shape index (κ1) is 21.6. The van der Waals surface area contributed by atoms with Crippen LogP contribution in [0.5, 0.6) is 0 Å². The second kappa shape index (κ2) is 8.43. The van der Waals surface area contributed by atoms with Crippen molar-refractivity contribution in [2.75, 3.05) is 0 Å². The van der Waals surface area contributed by atoms with Gasteiger partial charge >= 0.3 is 65.1 Å². The van der Waals surface area contributed by atoms with Gasteiger partial charge in [-0.15, -0.1) is 0 Å². The van der Waals surface area contributed by atoms with Crippen LogP contribution >= 0.6 is 0 Å². The molecule has 0 radical (unpaired) electrons. The van der Waals surface area contributed by atoms with E-state index in [9.17, 15) is 24.6 Å². The Morgan fingerprint density at radius 3 is 1.75 bits per heavy atom. The molecule has 0 aliphatic heterocycles. The third kappa shape index (κ3) is 5.60. The monoisotopic (exact) mass is 252 g/mol. The Kier molecular flexibility index (Phi) is 11.4. The number of aliphatic hydroxyl groups excluding tert-OH is 1. The van der Waals surface area contributed by atoms with Gasteiger partial charge in [-0.3, -0.25) is 0 Å². The zero-order chi connectivity index (χ0) is 11.5. The van der Waals surface area contributed by atoms with Crippen molar-refractivity contribution in [2.24, 2.45) is 0 Å². The van der Waals surface area contributed by atoms with Gasteiger partial charge in [-0.05, 0) is 0 Å². The second-order valence-corrected chi connectivity index (χ2v) is 2.50. The molecule has 0 heterocycles. The number of carbonyl (C=O) groups excluding carboxylic acids is 2. The van der Waals surface area contributed by atoms with Crippen molar-refractivity contribution in [1.29, 1.82) is 0 Å². The van der Waals surface area contributed by atoms with Crippen LogP contribution in [0.15, 0.2) is 0 Å². The third-order valence-corrected chi connectivity index (χ3v) is 1.46. The number of hydrogen-bond acceptors (Lipinski definition) is 7. The molecular formula is C6H6Na2O8. The molecule has 0 aromatic rings. The maximum Gasteiger partial charge on any atom is 1.00 e. The second-order valence-electron chi connectivity index (χ2n) is 2.50. The van der Waals surface area contributed by atoms with Gasteiger partial charge in [-0.1, -0.05) is 0 Å². The van der Waals surface area contributed by atoms with E-state index >= 15 is 0 Å². The Morgan fingerprint density at radius 2 is 1.56 bits per heavy atom. The number of carbonyl (C=O) groups is 3. The molecule has 0 saturated heterocycles. The van der Waals surface area contributed by atoms with E-state index < -0.39 is 36.0 Å². The molecule has 16 heavy (non-hydrogen) atoms. The molecule has 0 saturated carbocycles. The predicted octanol–water partition coefficient (Wildman–Crippen LogP) is -10.9. The normalized spacial score (nSPS) is 14.6. The first-order valence-corrected chi connectivity index (χ1v) is 3.26. The SMILES string of the molecule is O=C([O-])CC(O)(C(=O)O)C(O)C(=O)[O-].[Na+].[Na+]. The Morgan fingerprint density at radius 1 is 1.19 bits per heavy atom. The van der Waals surface area contributed by atoms with Crippen LogP contribution in [0.4, 0.5) is 0 Å². The number of aliphatic hydroxyl groups is 2. The Labute approximate surface area is 134 Å². The smallest absolute Gasteiger partial charge is 0.550 e. The minimum Gasteiger partial charge on any atom is -0.550 e.